The van der Waals surface area contributed by atoms with Gasteiger partial charge in [0.05, 0.1) is 24.6 Å². The van der Waals surface area contributed by atoms with Crippen molar-refractivity contribution >= 4 is 40.5 Å². The number of benzene rings is 2. The molecule has 0 bridgehead atoms. The fraction of sp³-hybridized carbons (Fsp3) is 0.222. The number of carbonyl (C=O) groups excluding carboxylic acids is 2. The lowest BCUT2D eigenvalue weighted by Crippen LogP contribution is -2.37. The molecular formula is C18H18ClN3O3. The predicted molar refractivity (Wildman–Crippen MR) is 98.2 cm³/mol. The van der Waals surface area contributed by atoms with Crippen LogP contribution in [-0.2, 0) is 14.3 Å². The fourth-order valence-corrected chi connectivity index (χ4v) is 2.69. The Morgan fingerprint density at radius 2 is 1.56 bits per heavy atom. The number of rotatable bonds is 3. The molecule has 2 amide bonds. The van der Waals surface area contributed by atoms with Crippen LogP contribution in [0.4, 0.5) is 17.1 Å². The summed E-state index contributed by atoms with van der Waals surface area (Å²) in [4.78, 5) is 26.4. The second-order valence-corrected chi connectivity index (χ2v) is 5.97. The Morgan fingerprint density at radius 1 is 0.920 bits per heavy atom. The second-order valence-electron chi connectivity index (χ2n) is 5.53. The molecule has 25 heavy (non-hydrogen) atoms. The molecular weight excluding hydrogens is 342 g/mol. The Labute approximate surface area is 150 Å². The molecule has 1 aliphatic rings. The van der Waals surface area contributed by atoms with Crippen LogP contribution in [0, 0.1) is 0 Å². The van der Waals surface area contributed by atoms with Crippen molar-refractivity contribution in [1.82, 2.24) is 0 Å². The number of para-hydroxylation sites is 2. The molecule has 0 aromatic heterocycles. The third-order valence-electron chi connectivity index (χ3n) is 3.81. The first-order valence-electron chi connectivity index (χ1n) is 7.93. The van der Waals surface area contributed by atoms with Crippen molar-refractivity contribution in [2.24, 2.45) is 0 Å². The number of ether oxygens (including phenoxy) is 1. The summed E-state index contributed by atoms with van der Waals surface area (Å²) in [6.45, 7) is 2.76. The van der Waals surface area contributed by atoms with E-state index in [4.69, 9.17) is 16.3 Å². The Balaban J connectivity index is 1.68. The van der Waals surface area contributed by atoms with Gasteiger partial charge >= 0.3 is 11.8 Å². The van der Waals surface area contributed by atoms with E-state index in [-0.39, 0.29) is 0 Å². The number of carbonyl (C=O) groups is 2. The van der Waals surface area contributed by atoms with E-state index in [0.717, 1.165) is 18.8 Å². The predicted octanol–water partition coefficient (Wildman–Crippen LogP) is 2.75. The van der Waals surface area contributed by atoms with Crippen molar-refractivity contribution in [2.45, 2.75) is 0 Å². The van der Waals surface area contributed by atoms with Crippen LogP contribution < -0.4 is 15.5 Å². The van der Waals surface area contributed by atoms with Crippen molar-refractivity contribution in [3.8, 4) is 0 Å². The first-order chi connectivity index (χ1) is 12.1. The summed E-state index contributed by atoms with van der Waals surface area (Å²) in [6.07, 6.45) is 0. The van der Waals surface area contributed by atoms with Gasteiger partial charge in [-0.1, -0.05) is 23.7 Å². The van der Waals surface area contributed by atoms with Gasteiger partial charge in [0, 0.05) is 23.8 Å². The minimum absolute atomic E-state index is 0.506. The van der Waals surface area contributed by atoms with Crippen LogP contribution in [0.1, 0.15) is 0 Å². The van der Waals surface area contributed by atoms with Crippen LogP contribution in [-0.4, -0.2) is 38.1 Å². The molecule has 2 N–H and O–H groups in total. The highest BCUT2D eigenvalue weighted by atomic mass is 35.5. The third-order valence-corrected chi connectivity index (χ3v) is 4.06. The average Bonchev–Trinajstić information content (AvgIpc) is 2.64. The maximum Gasteiger partial charge on any atom is 0.314 e. The molecule has 6 nitrogen and oxygen atoms in total. The first-order valence-corrected chi connectivity index (χ1v) is 8.31. The van der Waals surface area contributed by atoms with Crippen LogP contribution in [0.25, 0.3) is 0 Å². The molecule has 1 saturated heterocycles. The molecule has 0 saturated carbocycles. The first kappa shape index (κ1) is 17.3. The molecule has 1 heterocycles. The Hall–Kier alpha value is -2.57. The molecule has 0 spiro atoms. The Morgan fingerprint density at radius 3 is 2.28 bits per heavy atom. The average molecular weight is 360 g/mol. The van der Waals surface area contributed by atoms with Crippen LogP contribution in [0.2, 0.25) is 5.02 Å². The van der Waals surface area contributed by atoms with Crippen LogP contribution >= 0.6 is 11.6 Å². The van der Waals surface area contributed by atoms with Gasteiger partial charge in [0.2, 0.25) is 0 Å². The molecule has 0 radical (unpaired) electrons. The summed E-state index contributed by atoms with van der Waals surface area (Å²) >= 11 is 5.80. The number of hydrogen-bond acceptors (Lipinski definition) is 4. The fourth-order valence-electron chi connectivity index (χ4n) is 2.56. The Kier molecular flexibility index (Phi) is 5.53. The number of anilines is 3. The number of morpholine rings is 1. The van der Waals surface area contributed by atoms with Gasteiger partial charge in [-0.05, 0) is 36.4 Å². The van der Waals surface area contributed by atoms with Crippen LogP contribution in [0.5, 0.6) is 0 Å². The maximum absolute atomic E-state index is 12.2. The van der Waals surface area contributed by atoms with Crippen molar-refractivity contribution in [1.29, 1.82) is 0 Å². The summed E-state index contributed by atoms with van der Waals surface area (Å²) in [5.41, 5.74) is 1.98. The molecule has 3 rings (SSSR count). The van der Waals surface area contributed by atoms with E-state index in [9.17, 15) is 9.59 Å². The summed E-state index contributed by atoms with van der Waals surface area (Å²) in [5.74, 6) is -1.46. The molecule has 0 aliphatic carbocycles. The van der Waals surface area contributed by atoms with Gasteiger partial charge in [-0.15, -0.1) is 0 Å². The van der Waals surface area contributed by atoms with Crippen LogP contribution in [0.3, 0.4) is 0 Å². The van der Waals surface area contributed by atoms with Crippen molar-refractivity contribution < 1.29 is 14.3 Å². The topological polar surface area (TPSA) is 70.7 Å². The minimum Gasteiger partial charge on any atom is -0.378 e. The largest absolute Gasteiger partial charge is 0.378 e. The SMILES string of the molecule is O=C(Nc1ccc(Cl)cc1)C(=O)Nc1ccccc1N1CCOCC1. The molecule has 2 aromatic rings. The van der Waals surface area contributed by atoms with Gasteiger partial charge < -0.3 is 20.3 Å². The van der Waals surface area contributed by atoms with Gasteiger partial charge in [0.15, 0.2) is 0 Å². The molecule has 0 unspecified atom stereocenters. The smallest absolute Gasteiger partial charge is 0.314 e. The van der Waals surface area contributed by atoms with Crippen molar-refractivity contribution in [3.05, 3.63) is 53.6 Å². The van der Waals surface area contributed by atoms with E-state index in [2.05, 4.69) is 15.5 Å². The summed E-state index contributed by atoms with van der Waals surface area (Å²) in [5, 5.41) is 5.78. The van der Waals surface area contributed by atoms with Gasteiger partial charge in [0.25, 0.3) is 0 Å². The van der Waals surface area contributed by atoms with E-state index in [1.807, 2.05) is 18.2 Å². The van der Waals surface area contributed by atoms with Crippen molar-refractivity contribution in [3.63, 3.8) is 0 Å². The number of hydrogen-bond donors (Lipinski definition) is 2. The number of nitrogens with one attached hydrogen (secondary N) is 2. The van der Waals surface area contributed by atoms with E-state index in [1.165, 1.54) is 0 Å². The van der Waals surface area contributed by atoms with E-state index >= 15 is 0 Å². The third kappa shape index (κ3) is 4.49. The van der Waals surface area contributed by atoms with E-state index in [0.29, 0.717) is 29.6 Å². The quantitative estimate of drug-likeness (QED) is 0.827. The monoisotopic (exact) mass is 359 g/mol. The van der Waals surface area contributed by atoms with Gasteiger partial charge in [-0.25, -0.2) is 0 Å². The molecule has 1 aliphatic heterocycles. The van der Waals surface area contributed by atoms with Crippen molar-refractivity contribution in [2.75, 3.05) is 41.8 Å². The molecule has 0 atom stereocenters. The molecule has 7 heteroatoms. The summed E-state index contributed by atoms with van der Waals surface area (Å²) in [7, 11) is 0. The minimum atomic E-state index is -0.737. The lowest BCUT2D eigenvalue weighted by Gasteiger charge is -2.30. The number of halogens is 1. The van der Waals surface area contributed by atoms with Gasteiger partial charge in [0.1, 0.15) is 0 Å². The molecule has 1 fully saturated rings. The zero-order valence-electron chi connectivity index (χ0n) is 13.5. The molecule has 2 aromatic carbocycles. The number of nitrogens with zero attached hydrogens (tertiary/aromatic N) is 1. The van der Waals surface area contributed by atoms with Gasteiger partial charge in [-0.3, -0.25) is 9.59 Å². The lowest BCUT2D eigenvalue weighted by molar-refractivity contribution is -0.132. The highest BCUT2D eigenvalue weighted by Gasteiger charge is 2.19. The highest BCUT2D eigenvalue weighted by Crippen LogP contribution is 2.26. The second kappa shape index (κ2) is 8.00. The lowest BCUT2D eigenvalue weighted by atomic mass is 10.2. The van der Waals surface area contributed by atoms with E-state index < -0.39 is 11.8 Å². The van der Waals surface area contributed by atoms with E-state index in [1.54, 1.807) is 30.3 Å². The summed E-state index contributed by atoms with van der Waals surface area (Å²) in [6, 6.07) is 14.0. The summed E-state index contributed by atoms with van der Waals surface area (Å²) < 4.78 is 5.35. The molecule has 130 valence electrons. The Bertz CT molecular complexity index is 758. The van der Waals surface area contributed by atoms with Gasteiger partial charge in [-0.2, -0.15) is 0 Å². The standard InChI is InChI=1S/C18H18ClN3O3/c19-13-5-7-14(8-6-13)20-17(23)18(24)21-15-3-1-2-4-16(15)22-9-11-25-12-10-22/h1-8H,9-12H2,(H,20,23)(H,21,24). The maximum atomic E-state index is 12.2. The normalized spacial score (nSPS) is 14.0. The number of amides is 2. The highest BCUT2D eigenvalue weighted by molar-refractivity contribution is 6.44. The van der Waals surface area contributed by atoms with Crippen LogP contribution in [0.15, 0.2) is 48.5 Å². The zero-order chi connectivity index (χ0) is 17.6. The zero-order valence-corrected chi connectivity index (χ0v) is 14.3.